The Labute approximate surface area is 170 Å². The molecule has 0 saturated heterocycles. The van der Waals surface area contributed by atoms with Crippen molar-refractivity contribution in [3.05, 3.63) is 59.3 Å². The van der Waals surface area contributed by atoms with Gasteiger partial charge in [-0.25, -0.2) is 4.39 Å². The molecule has 1 aliphatic rings. The summed E-state index contributed by atoms with van der Waals surface area (Å²) in [4.78, 5) is 6.87. The van der Waals surface area contributed by atoms with Gasteiger partial charge in [0.2, 0.25) is 0 Å². The molecule has 0 saturated carbocycles. The molecule has 0 spiro atoms. The Balaban J connectivity index is 1.71. The van der Waals surface area contributed by atoms with Crippen molar-refractivity contribution >= 4 is 10.9 Å². The third kappa shape index (κ3) is 3.64. The molecule has 0 aliphatic carbocycles. The average Bonchev–Trinajstić information content (AvgIpc) is 3.24. The van der Waals surface area contributed by atoms with Gasteiger partial charge in [0.15, 0.2) is 5.60 Å². The first-order valence-electron chi connectivity index (χ1n) is 9.65. The van der Waals surface area contributed by atoms with E-state index in [-0.39, 0.29) is 5.69 Å². The summed E-state index contributed by atoms with van der Waals surface area (Å²) >= 11 is 0. The lowest BCUT2D eigenvalue weighted by Crippen LogP contribution is -2.51. The van der Waals surface area contributed by atoms with Gasteiger partial charge >= 0.3 is 6.18 Å². The van der Waals surface area contributed by atoms with E-state index < -0.39 is 35.9 Å². The number of hydrogen-bond donors (Lipinski definition) is 2. The van der Waals surface area contributed by atoms with Crippen LogP contribution in [-0.4, -0.2) is 33.5 Å². The number of aromatic amines is 1. The molecule has 4 rings (SSSR count). The van der Waals surface area contributed by atoms with Crippen molar-refractivity contribution in [3.8, 4) is 5.75 Å². The highest BCUT2D eigenvalue weighted by Gasteiger charge is 2.56. The van der Waals surface area contributed by atoms with Gasteiger partial charge in [0.05, 0.1) is 6.61 Å². The summed E-state index contributed by atoms with van der Waals surface area (Å²) in [5, 5.41) is 11.5. The second kappa shape index (κ2) is 6.97. The molecule has 1 unspecified atom stereocenters. The summed E-state index contributed by atoms with van der Waals surface area (Å²) < 4.78 is 61.9. The highest BCUT2D eigenvalue weighted by Crippen LogP contribution is 2.46. The van der Waals surface area contributed by atoms with Crippen molar-refractivity contribution < 1.29 is 27.4 Å². The second-order valence-electron chi connectivity index (χ2n) is 8.56. The monoisotopic (exact) mass is 422 g/mol. The predicted molar refractivity (Wildman–Crippen MR) is 104 cm³/mol. The Morgan fingerprint density at radius 2 is 1.97 bits per heavy atom. The van der Waals surface area contributed by atoms with Gasteiger partial charge in [-0.1, -0.05) is 13.8 Å². The molecule has 2 aromatic heterocycles. The van der Waals surface area contributed by atoms with E-state index >= 15 is 0 Å². The molecule has 3 aromatic rings. The van der Waals surface area contributed by atoms with Crippen molar-refractivity contribution in [1.82, 2.24) is 9.97 Å². The third-order valence-corrected chi connectivity index (χ3v) is 5.70. The lowest BCUT2D eigenvalue weighted by Gasteiger charge is -2.38. The fourth-order valence-electron chi connectivity index (χ4n) is 4.30. The fraction of sp³-hybridized carbons (Fsp3) is 0.409. The molecular weight excluding hydrogens is 400 g/mol. The van der Waals surface area contributed by atoms with E-state index in [0.29, 0.717) is 40.8 Å². The summed E-state index contributed by atoms with van der Waals surface area (Å²) in [5.74, 6) is -0.108. The zero-order valence-electron chi connectivity index (χ0n) is 16.6. The van der Waals surface area contributed by atoms with E-state index in [1.54, 1.807) is 32.2 Å². The Hall–Kier alpha value is -2.61. The van der Waals surface area contributed by atoms with Crippen molar-refractivity contribution in [2.24, 2.45) is 0 Å². The standard InChI is InChI=1S/C22H22F4N2O2/c1-20(2,17-9-15(23)7-13-4-6-30-19(13)17)12-21(29,22(24,25)26)10-16-8-14-11-27-5-3-18(14)28-16/h3,5,7-9,11,28-29H,4,6,10,12H2,1-2H3. The van der Waals surface area contributed by atoms with E-state index in [1.165, 1.54) is 18.3 Å². The van der Waals surface area contributed by atoms with E-state index in [0.717, 1.165) is 0 Å². The molecule has 0 radical (unpaired) electrons. The largest absolute Gasteiger partial charge is 0.493 e. The van der Waals surface area contributed by atoms with Gasteiger partial charge in [0.1, 0.15) is 11.6 Å². The highest BCUT2D eigenvalue weighted by molar-refractivity contribution is 5.79. The predicted octanol–water partition coefficient (Wildman–Crippen LogP) is 4.84. The number of aromatic nitrogens is 2. The number of hydrogen-bond acceptors (Lipinski definition) is 3. The van der Waals surface area contributed by atoms with E-state index in [4.69, 9.17) is 4.74 Å². The number of pyridine rings is 1. The minimum atomic E-state index is -4.89. The molecular formula is C22H22F4N2O2. The number of rotatable bonds is 5. The Bertz CT molecular complexity index is 1060. The van der Waals surface area contributed by atoms with E-state index in [2.05, 4.69) is 9.97 Å². The van der Waals surface area contributed by atoms with Gasteiger partial charge in [-0.15, -0.1) is 0 Å². The molecule has 1 atom stereocenters. The van der Waals surface area contributed by atoms with Crippen LogP contribution in [0.2, 0.25) is 0 Å². The van der Waals surface area contributed by atoms with Gasteiger partial charge in [0, 0.05) is 53.0 Å². The Kier molecular flexibility index (Phi) is 4.80. The number of aliphatic hydroxyl groups is 1. The quantitative estimate of drug-likeness (QED) is 0.579. The number of fused-ring (bicyclic) bond motifs is 2. The molecule has 1 aromatic carbocycles. The van der Waals surface area contributed by atoms with Gasteiger partial charge in [-0.2, -0.15) is 13.2 Å². The fourth-order valence-corrected chi connectivity index (χ4v) is 4.30. The normalized spacial score (nSPS) is 16.4. The number of nitrogens with one attached hydrogen (secondary N) is 1. The molecule has 8 heteroatoms. The Morgan fingerprint density at radius 1 is 1.20 bits per heavy atom. The van der Waals surface area contributed by atoms with Gasteiger partial charge < -0.3 is 14.8 Å². The maximum atomic E-state index is 14.1. The molecule has 0 bridgehead atoms. The van der Waals surface area contributed by atoms with Crippen molar-refractivity contribution in [2.45, 2.75) is 50.3 Å². The van der Waals surface area contributed by atoms with Crippen molar-refractivity contribution in [1.29, 1.82) is 0 Å². The van der Waals surface area contributed by atoms with Crippen LogP contribution in [0.1, 0.15) is 37.1 Å². The van der Waals surface area contributed by atoms with Crippen LogP contribution in [0.3, 0.4) is 0 Å². The van der Waals surface area contributed by atoms with Crippen LogP contribution in [0.5, 0.6) is 5.75 Å². The second-order valence-corrected chi connectivity index (χ2v) is 8.56. The number of alkyl halides is 3. The highest BCUT2D eigenvalue weighted by atomic mass is 19.4. The topological polar surface area (TPSA) is 58.1 Å². The van der Waals surface area contributed by atoms with Gasteiger partial charge in [0.25, 0.3) is 0 Å². The lowest BCUT2D eigenvalue weighted by molar-refractivity contribution is -0.266. The Morgan fingerprint density at radius 3 is 2.67 bits per heavy atom. The molecule has 0 fully saturated rings. The molecule has 160 valence electrons. The van der Waals surface area contributed by atoms with Crippen LogP contribution in [0, 0.1) is 5.82 Å². The van der Waals surface area contributed by atoms with Gasteiger partial charge in [-0.05, 0) is 36.1 Å². The summed E-state index contributed by atoms with van der Waals surface area (Å²) in [6.45, 7) is 3.49. The number of halogens is 4. The number of H-pyrrole nitrogens is 1. The number of benzene rings is 1. The number of ether oxygens (including phenoxy) is 1. The molecule has 3 heterocycles. The summed E-state index contributed by atoms with van der Waals surface area (Å²) in [6, 6.07) is 5.75. The first kappa shape index (κ1) is 20.7. The first-order chi connectivity index (χ1) is 14.0. The smallest absolute Gasteiger partial charge is 0.417 e. The summed E-state index contributed by atoms with van der Waals surface area (Å²) in [7, 11) is 0. The maximum absolute atomic E-state index is 14.1. The van der Waals surface area contributed by atoms with Crippen LogP contribution in [0.25, 0.3) is 10.9 Å². The van der Waals surface area contributed by atoms with Crippen molar-refractivity contribution in [3.63, 3.8) is 0 Å². The molecule has 0 amide bonds. The molecule has 30 heavy (non-hydrogen) atoms. The lowest BCUT2D eigenvalue weighted by atomic mass is 9.72. The minimum Gasteiger partial charge on any atom is -0.493 e. The van der Waals surface area contributed by atoms with Crippen LogP contribution in [-0.2, 0) is 18.3 Å². The third-order valence-electron chi connectivity index (χ3n) is 5.70. The van der Waals surface area contributed by atoms with Crippen LogP contribution >= 0.6 is 0 Å². The molecule has 2 N–H and O–H groups in total. The van der Waals surface area contributed by atoms with E-state index in [1.807, 2.05) is 0 Å². The summed E-state index contributed by atoms with van der Waals surface area (Å²) in [5.41, 5.74) is -2.37. The van der Waals surface area contributed by atoms with Crippen LogP contribution in [0.15, 0.2) is 36.7 Å². The first-order valence-corrected chi connectivity index (χ1v) is 9.65. The van der Waals surface area contributed by atoms with Crippen molar-refractivity contribution in [2.75, 3.05) is 6.61 Å². The van der Waals surface area contributed by atoms with Gasteiger partial charge in [-0.3, -0.25) is 4.98 Å². The molecule has 4 nitrogen and oxygen atoms in total. The maximum Gasteiger partial charge on any atom is 0.417 e. The number of nitrogens with zero attached hydrogens (tertiary/aromatic N) is 1. The average molecular weight is 422 g/mol. The van der Waals surface area contributed by atoms with E-state index in [9.17, 15) is 22.7 Å². The molecule has 1 aliphatic heterocycles. The SMILES string of the molecule is CC(C)(CC(O)(Cc1cc2cnccc2[nH]1)C(F)(F)F)c1cc(F)cc2c1OCC2. The minimum absolute atomic E-state index is 0.245. The zero-order valence-corrected chi connectivity index (χ0v) is 16.6. The summed E-state index contributed by atoms with van der Waals surface area (Å²) in [6.07, 6.45) is -2.63. The zero-order chi connectivity index (χ0) is 21.7. The van der Waals surface area contributed by atoms with Crippen LogP contribution < -0.4 is 4.74 Å². The van der Waals surface area contributed by atoms with Crippen LogP contribution in [0.4, 0.5) is 17.6 Å².